The van der Waals surface area contributed by atoms with Crippen molar-refractivity contribution < 1.29 is 19.4 Å². The summed E-state index contributed by atoms with van der Waals surface area (Å²) < 4.78 is 5.17. The summed E-state index contributed by atoms with van der Waals surface area (Å²) in [6.07, 6.45) is 0.989. The summed E-state index contributed by atoms with van der Waals surface area (Å²) in [5.74, 6) is -1.04. The predicted molar refractivity (Wildman–Crippen MR) is 97.8 cm³/mol. The summed E-state index contributed by atoms with van der Waals surface area (Å²) in [6.45, 7) is 9.35. The quantitative estimate of drug-likeness (QED) is 0.833. The van der Waals surface area contributed by atoms with E-state index >= 15 is 0 Å². The zero-order valence-electron chi connectivity index (χ0n) is 15.2. The number of carboxylic acid groups (broad SMARTS) is 1. The number of benzene rings is 1. The lowest BCUT2D eigenvalue weighted by atomic mass is 10.1. The summed E-state index contributed by atoms with van der Waals surface area (Å²) in [5.41, 5.74) is 1.13. The maximum absolute atomic E-state index is 11.7. The van der Waals surface area contributed by atoms with Gasteiger partial charge < -0.3 is 9.84 Å². The second-order valence-electron chi connectivity index (χ2n) is 5.91. The fourth-order valence-electron chi connectivity index (χ4n) is 1.94. The van der Waals surface area contributed by atoms with Gasteiger partial charge in [-0.05, 0) is 45.0 Å². The summed E-state index contributed by atoms with van der Waals surface area (Å²) in [4.78, 5) is 27.0. The first-order valence-corrected chi connectivity index (χ1v) is 8.05. The Hall–Kier alpha value is -2.89. The van der Waals surface area contributed by atoms with Gasteiger partial charge in [-0.1, -0.05) is 26.0 Å². The van der Waals surface area contributed by atoms with Crippen LogP contribution in [-0.2, 0) is 4.74 Å². The van der Waals surface area contributed by atoms with Crippen molar-refractivity contribution >= 4 is 17.7 Å². The first-order valence-electron chi connectivity index (χ1n) is 8.05. The third-order valence-corrected chi connectivity index (χ3v) is 2.84. The summed E-state index contributed by atoms with van der Waals surface area (Å²) in [6, 6.07) is 9.80. The summed E-state index contributed by atoms with van der Waals surface area (Å²) >= 11 is 0. The zero-order valence-corrected chi connectivity index (χ0v) is 15.2. The second kappa shape index (κ2) is 8.82. The third-order valence-electron chi connectivity index (χ3n) is 2.84. The first-order chi connectivity index (χ1) is 11.8. The number of hydrogen-bond donors (Lipinski definition) is 2. The van der Waals surface area contributed by atoms with Crippen LogP contribution in [0.25, 0.3) is 11.3 Å². The van der Waals surface area contributed by atoms with Gasteiger partial charge in [-0.2, -0.15) is 0 Å². The number of nitrogens with zero attached hydrogens (tertiary/aromatic N) is 1. The van der Waals surface area contributed by atoms with Gasteiger partial charge in [-0.15, -0.1) is 0 Å². The van der Waals surface area contributed by atoms with Gasteiger partial charge in [0.1, 0.15) is 5.60 Å². The standard InChI is InChI=1S/C17H18N2O4.C2H6/c1-17(2,3)23-16(22)19-12-8-6-11(7-9-12)14-13(15(20)21)5-4-10-18-14;1-2/h4-10H,1-3H3,(H,19,22)(H,20,21);1-2H3. The van der Waals surface area contributed by atoms with Crippen molar-refractivity contribution in [2.75, 3.05) is 5.32 Å². The maximum atomic E-state index is 11.7. The fraction of sp³-hybridized carbons (Fsp3) is 0.316. The number of carbonyl (C=O) groups is 2. The van der Waals surface area contributed by atoms with Crippen molar-refractivity contribution in [1.82, 2.24) is 4.98 Å². The third kappa shape index (κ3) is 6.25. The van der Waals surface area contributed by atoms with Crippen LogP contribution in [0.1, 0.15) is 45.0 Å². The number of hydrogen-bond acceptors (Lipinski definition) is 4. The van der Waals surface area contributed by atoms with Gasteiger partial charge in [0, 0.05) is 17.4 Å². The topological polar surface area (TPSA) is 88.5 Å². The number of aromatic carboxylic acids is 1. The molecular formula is C19H24N2O4. The average Bonchev–Trinajstić information content (AvgIpc) is 2.55. The molecule has 2 aromatic rings. The smallest absolute Gasteiger partial charge is 0.412 e. The van der Waals surface area contributed by atoms with Crippen LogP contribution >= 0.6 is 0 Å². The number of nitrogens with one attached hydrogen (secondary N) is 1. The SMILES string of the molecule is CC.CC(C)(C)OC(=O)Nc1ccc(-c2ncccc2C(=O)O)cc1. The highest BCUT2D eigenvalue weighted by Crippen LogP contribution is 2.23. The Bertz CT molecular complexity index is 719. The van der Waals surface area contributed by atoms with Crippen molar-refractivity contribution in [1.29, 1.82) is 0 Å². The molecule has 2 rings (SSSR count). The Morgan fingerprint density at radius 2 is 1.68 bits per heavy atom. The minimum atomic E-state index is -1.04. The molecule has 0 saturated heterocycles. The molecule has 0 atom stereocenters. The predicted octanol–water partition coefficient (Wildman–Crippen LogP) is 4.82. The number of rotatable bonds is 3. The molecule has 1 amide bonds. The molecule has 25 heavy (non-hydrogen) atoms. The molecule has 0 saturated carbocycles. The molecule has 0 aliphatic rings. The van der Waals surface area contributed by atoms with E-state index in [9.17, 15) is 14.7 Å². The average molecular weight is 344 g/mol. The van der Waals surface area contributed by atoms with Crippen molar-refractivity contribution in [2.45, 2.75) is 40.2 Å². The molecule has 6 heteroatoms. The summed E-state index contributed by atoms with van der Waals surface area (Å²) in [5, 5.41) is 11.8. The molecule has 2 N–H and O–H groups in total. The number of ether oxygens (including phenoxy) is 1. The van der Waals surface area contributed by atoms with E-state index in [0.29, 0.717) is 16.9 Å². The Labute approximate surface area is 147 Å². The highest BCUT2D eigenvalue weighted by Gasteiger charge is 2.16. The molecule has 0 bridgehead atoms. The van der Waals surface area contributed by atoms with Crippen molar-refractivity contribution in [3.8, 4) is 11.3 Å². The Morgan fingerprint density at radius 1 is 1.08 bits per heavy atom. The highest BCUT2D eigenvalue weighted by molar-refractivity contribution is 5.95. The van der Waals surface area contributed by atoms with Gasteiger partial charge in [0.25, 0.3) is 0 Å². The van der Waals surface area contributed by atoms with E-state index in [-0.39, 0.29) is 5.56 Å². The molecule has 0 aliphatic carbocycles. The van der Waals surface area contributed by atoms with Crippen LogP contribution in [-0.4, -0.2) is 27.8 Å². The van der Waals surface area contributed by atoms with Gasteiger partial charge in [-0.25, -0.2) is 9.59 Å². The lowest BCUT2D eigenvalue weighted by molar-refractivity contribution is 0.0634. The number of pyridine rings is 1. The molecule has 1 aromatic heterocycles. The molecule has 0 radical (unpaired) electrons. The normalized spacial score (nSPS) is 10.3. The van der Waals surface area contributed by atoms with E-state index in [2.05, 4.69) is 10.3 Å². The maximum Gasteiger partial charge on any atom is 0.412 e. The number of amides is 1. The van der Waals surface area contributed by atoms with Crippen LogP contribution in [0.5, 0.6) is 0 Å². The molecular weight excluding hydrogens is 320 g/mol. The number of carboxylic acids is 1. The van der Waals surface area contributed by atoms with Crippen LogP contribution < -0.4 is 5.32 Å². The Morgan fingerprint density at radius 3 is 2.20 bits per heavy atom. The zero-order chi connectivity index (χ0) is 19.0. The minimum Gasteiger partial charge on any atom is -0.478 e. The fourth-order valence-corrected chi connectivity index (χ4v) is 1.94. The minimum absolute atomic E-state index is 0.125. The van der Waals surface area contributed by atoms with Gasteiger partial charge in [-0.3, -0.25) is 10.3 Å². The van der Waals surface area contributed by atoms with Crippen LogP contribution in [0, 0.1) is 0 Å². The molecule has 1 aromatic carbocycles. The molecule has 0 fully saturated rings. The summed E-state index contributed by atoms with van der Waals surface area (Å²) in [7, 11) is 0. The van der Waals surface area contributed by atoms with Crippen molar-refractivity contribution in [3.63, 3.8) is 0 Å². The second-order valence-corrected chi connectivity index (χ2v) is 5.91. The lowest BCUT2D eigenvalue weighted by Crippen LogP contribution is -2.27. The molecule has 0 spiro atoms. The van der Waals surface area contributed by atoms with E-state index in [4.69, 9.17) is 4.74 Å². The van der Waals surface area contributed by atoms with Gasteiger partial charge >= 0.3 is 12.1 Å². The number of aromatic nitrogens is 1. The highest BCUT2D eigenvalue weighted by atomic mass is 16.6. The Balaban J connectivity index is 0.00000151. The van der Waals surface area contributed by atoms with Crippen molar-refractivity contribution in [2.24, 2.45) is 0 Å². The van der Waals surface area contributed by atoms with Crippen LogP contribution in [0.2, 0.25) is 0 Å². The van der Waals surface area contributed by atoms with Gasteiger partial charge in [0.05, 0.1) is 11.3 Å². The molecule has 6 nitrogen and oxygen atoms in total. The van der Waals surface area contributed by atoms with E-state index in [1.54, 1.807) is 51.1 Å². The molecule has 134 valence electrons. The number of anilines is 1. The Kier molecular flexibility index (Phi) is 7.11. The van der Waals surface area contributed by atoms with Crippen molar-refractivity contribution in [3.05, 3.63) is 48.2 Å². The van der Waals surface area contributed by atoms with E-state index in [1.165, 1.54) is 12.3 Å². The van der Waals surface area contributed by atoms with E-state index in [0.717, 1.165) is 0 Å². The largest absolute Gasteiger partial charge is 0.478 e. The first kappa shape index (κ1) is 20.2. The van der Waals surface area contributed by atoms with E-state index < -0.39 is 17.7 Å². The van der Waals surface area contributed by atoms with Crippen LogP contribution in [0.4, 0.5) is 10.5 Å². The van der Waals surface area contributed by atoms with E-state index in [1.807, 2.05) is 13.8 Å². The van der Waals surface area contributed by atoms with Gasteiger partial charge in [0.2, 0.25) is 0 Å². The lowest BCUT2D eigenvalue weighted by Gasteiger charge is -2.19. The molecule has 0 unspecified atom stereocenters. The van der Waals surface area contributed by atoms with Crippen LogP contribution in [0.15, 0.2) is 42.6 Å². The van der Waals surface area contributed by atoms with Gasteiger partial charge in [0.15, 0.2) is 0 Å². The van der Waals surface area contributed by atoms with Crippen LogP contribution in [0.3, 0.4) is 0 Å². The molecule has 0 aliphatic heterocycles. The molecule has 1 heterocycles. The number of carbonyl (C=O) groups excluding carboxylic acids is 1. The monoisotopic (exact) mass is 344 g/mol.